The summed E-state index contributed by atoms with van der Waals surface area (Å²) in [5, 5.41) is 8.98. The Labute approximate surface area is 98.1 Å². The molecule has 3 heteroatoms. The summed E-state index contributed by atoms with van der Waals surface area (Å²) in [5.41, 5.74) is 0. The molecule has 0 aromatic heterocycles. The maximum Gasteiger partial charge on any atom is 0.169 e. The summed E-state index contributed by atoms with van der Waals surface area (Å²) in [4.78, 5) is 0. The van der Waals surface area contributed by atoms with E-state index in [0.717, 1.165) is 32.1 Å². The average Bonchev–Trinajstić information content (AvgIpc) is 2.29. The molecule has 1 spiro atoms. The second kappa shape index (κ2) is 5.48. The van der Waals surface area contributed by atoms with Crippen molar-refractivity contribution in [3.05, 3.63) is 0 Å². The van der Waals surface area contributed by atoms with Gasteiger partial charge in [0.05, 0.1) is 12.2 Å². The molecular weight excluding hydrogens is 204 g/mol. The first kappa shape index (κ1) is 12.3. The zero-order valence-corrected chi connectivity index (χ0v) is 10.3. The first-order valence-electron chi connectivity index (χ1n) is 6.74. The smallest absolute Gasteiger partial charge is 0.169 e. The van der Waals surface area contributed by atoms with Crippen molar-refractivity contribution in [1.82, 2.24) is 0 Å². The third-order valence-corrected chi connectivity index (χ3v) is 3.84. The standard InChI is InChI=1S/C13H24O3/c1-2-11-5-3-8-13(15-11)9-4-6-12(16-13)7-10-14/h11-12,14H,2-10H2,1H3. The van der Waals surface area contributed by atoms with Gasteiger partial charge < -0.3 is 14.6 Å². The molecule has 0 saturated carbocycles. The van der Waals surface area contributed by atoms with Gasteiger partial charge in [-0.05, 0) is 38.5 Å². The topological polar surface area (TPSA) is 38.7 Å². The van der Waals surface area contributed by atoms with E-state index in [1.165, 1.54) is 19.3 Å². The minimum Gasteiger partial charge on any atom is -0.396 e. The summed E-state index contributed by atoms with van der Waals surface area (Å²) in [5.74, 6) is -0.309. The third kappa shape index (κ3) is 2.76. The Hall–Kier alpha value is -0.120. The second-order valence-electron chi connectivity index (χ2n) is 5.10. The van der Waals surface area contributed by atoms with Crippen LogP contribution in [-0.4, -0.2) is 29.7 Å². The molecule has 0 aromatic rings. The van der Waals surface area contributed by atoms with E-state index in [0.29, 0.717) is 6.10 Å². The summed E-state index contributed by atoms with van der Waals surface area (Å²) >= 11 is 0. The fraction of sp³-hybridized carbons (Fsp3) is 1.00. The van der Waals surface area contributed by atoms with Crippen LogP contribution in [0.25, 0.3) is 0 Å². The molecule has 0 amide bonds. The van der Waals surface area contributed by atoms with Crippen molar-refractivity contribution in [2.45, 2.75) is 76.3 Å². The minimum absolute atomic E-state index is 0.203. The third-order valence-electron chi connectivity index (χ3n) is 3.84. The number of rotatable bonds is 3. The van der Waals surface area contributed by atoms with Crippen molar-refractivity contribution in [3.63, 3.8) is 0 Å². The summed E-state index contributed by atoms with van der Waals surface area (Å²) < 4.78 is 12.2. The normalized spacial score (nSPS) is 40.1. The Balaban J connectivity index is 1.94. The van der Waals surface area contributed by atoms with Crippen LogP contribution in [0.1, 0.15) is 58.3 Å². The summed E-state index contributed by atoms with van der Waals surface area (Å²) in [6, 6.07) is 0. The minimum atomic E-state index is -0.309. The van der Waals surface area contributed by atoms with Gasteiger partial charge in [-0.3, -0.25) is 0 Å². The van der Waals surface area contributed by atoms with Crippen LogP contribution in [0.3, 0.4) is 0 Å². The number of hydrogen-bond acceptors (Lipinski definition) is 3. The predicted molar refractivity (Wildman–Crippen MR) is 62.2 cm³/mol. The molecule has 2 saturated heterocycles. The van der Waals surface area contributed by atoms with E-state index < -0.39 is 0 Å². The van der Waals surface area contributed by atoms with Crippen LogP contribution in [0, 0.1) is 0 Å². The van der Waals surface area contributed by atoms with Crippen LogP contribution in [0.4, 0.5) is 0 Å². The lowest BCUT2D eigenvalue weighted by Crippen LogP contribution is -2.48. The Kier molecular flexibility index (Phi) is 4.22. The van der Waals surface area contributed by atoms with Crippen molar-refractivity contribution in [2.75, 3.05) is 6.61 Å². The largest absolute Gasteiger partial charge is 0.396 e. The van der Waals surface area contributed by atoms with Gasteiger partial charge in [0.25, 0.3) is 0 Å². The highest BCUT2D eigenvalue weighted by Crippen LogP contribution is 2.40. The molecule has 0 radical (unpaired) electrons. The summed E-state index contributed by atoms with van der Waals surface area (Å²) in [6.45, 7) is 2.40. The SMILES string of the molecule is CCC1CCCC2(CCCC(CCO)O2)O1. The number of ether oxygens (including phenoxy) is 2. The zero-order valence-electron chi connectivity index (χ0n) is 10.3. The van der Waals surface area contributed by atoms with Gasteiger partial charge in [0.15, 0.2) is 5.79 Å². The Morgan fingerprint density at radius 2 is 1.75 bits per heavy atom. The molecule has 16 heavy (non-hydrogen) atoms. The van der Waals surface area contributed by atoms with E-state index in [1.807, 2.05) is 0 Å². The van der Waals surface area contributed by atoms with E-state index >= 15 is 0 Å². The lowest BCUT2D eigenvalue weighted by molar-refractivity contribution is -0.315. The molecule has 94 valence electrons. The lowest BCUT2D eigenvalue weighted by Gasteiger charge is -2.46. The maximum absolute atomic E-state index is 8.98. The van der Waals surface area contributed by atoms with Crippen LogP contribution in [-0.2, 0) is 9.47 Å². The average molecular weight is 228 g/mol. The number of hydrogen-bond donors (Lipinski definition) is 1. The molecule has 2 fully saturated rings. The van der Waals surface area contributed by atoms with E-state index in [-0.39, 0.29) is 18.5 Å². The molecule has 3 nitrogen and oxygen atoms in total. The number of aliphatic hydroxyl groups excluding tert-OH is 1. The highest BCUT2D eigenvalue weighted by molar-refractivity contribution is 4.83. The maximum atomic E-state index is 8.98. The van der Waals surface area contributed by atoms with Gasteiger partial charge in [-0.1, -0.05) is 6.92 Å². The fourth-order valence-electron chi connectivity index (χ4n) is 2.95. The van der Waals surface area contributed by atoms with E-state index in [2.05, 4.69) is 6.92 Å². The highest BCUT2D eigenvalue weighted by Gasteiger charge is 2.41. The van der Waals surface area contributed by atoms with Crippen molar-refractivity contribution >= 4 is 0 Å². The second-order valence-corrected chi connectivity index (χ2v) is 5.10. The van der Waals surface area contributed by atoms with Crippen molar-refractivity contribution in [2.24, 2.45) is 0 Å². The van der Waals surface area contributed by atoms with Gasteiger partial charge in [0.1, 0.15) is 0 Å². The van der Waals surface area contributed by atoms with Crippen LogP contribution in [0.5, 0.6) is 0 Å². The molecule has 2 heterocycles. The molecule has 3 atom stereocenters. The van der Waals surface area contributed by atoms with Crippen molar-refractivity contribution in [1.29, 1.82) is 0 Å². The predicted octanol–water partition coefficient (Wildman–Crippen LogP) is 2.61. The van der Waals surface area contributed by atoms with Gasteiger partial charge in [-0.2, -0.15) is 0 Å². The molecule has 2 rings (SSSR count). The van der Waals surface area contributed by atoms with Crippen molar-refractivity contribution < 1.29 is 14.6 Å². The lowest BCUT2D eigenvalue weighted by atomic mass is 9.91. The summed E-state index contributed by atoms with van der Waals surface area (Å²) in [6.07, 6.45) is 9.10. The molecular formula is C13H24O3. The number of aliphatic hydroxyl groups is 1. The van der Waals surface area contributed by atoms with Gasteiger partial charge in [-0.25, -0.2) is 0 Å². The molecule has 0 bridgehead atoms. The molecule has 1 N–H and O–H groups in total. The van der Waals surface area contributed by atoms with Gasteiger partial charge in [-0.15, -0.1) is 0 Å². The van der Waals surface area contributed by atoms with E-state index in [1.54, 1.807) is 0 Å². The van der Waals surface area contributed by atoms with Crippen molar-refractivity contribution in [3.8, 4) is 0 Å². The molecule has 0 aromatic carbocycles. The van der Waals surface area contributed by atoms with Gasteiger partial charge in [0.2, 0.25) is 0 Å². The highest BCUT2D eigenvalue weighted by atomic mass is 16.7. The Bertz CT molecular complexity index is 213. The first-order valence-corrected chi connectivity index (χ1v) is 6.74. The zero-order chi connectivity index (χ0) is 11.4. The monoisotopic (exact) mass is 228 g/mol. The van der Waals surface area contributed by atoms with E-state index in [9.17, 15) is 0 Å². The van der Waals surface area contributed by atoms with E-state index in [4.69, 9.17) is 14.6 Å². The molecule has 2 aliphatic rings. The molecule has 3 unspecified atom stereocenters. The Morgan fingerprint density at radius 1 is 1.12 bits per heavy atom. The molecule has 0 aliphatic carbocycles. The fourth-order valence-corrected chi connectivity index (χ4v) is 2.95. The van der Waals surface area contributed by atoms with Gasteiger partial charge in [0, 0.05) is 19.4 Å². The summed E-state index contributed by atoms with van der Waals surface area (Å²) in [7, 11) is 0. The quantitative estimate of drug-likeness (QED) is 0.807. The van der Waals surface area contributed by atoms with Crippen LogP contribution >= 0.6 is 0 Å². The first-order chi connectivity index (χ1) is 7.78. The van der Waals surface area contributed by atoms with Crippen LogP contribution < -0.4 is 0 Å². The Morgan fingerprint density at radius 3 is 2.38 bits per heavy atom. The van der Waals surface area contributed by atoms with Crippen LogP contribution in [0.2, 0.25) is 0 Å². The molecule has 2 aliphatic heterocycles. The van der Waals surface area contributed by atoms with Gasteiger partial charge >= 0.3 is 0 Å². The van der Waals surface area contributed by atoms with Crippen LogP contribution in [0.15, 0.2) is 0 Å².